The van der Waals surface area contributed by atoms with Crippen LogP contribution in [0.15, 0.2) is 24.8 Å². The molecule has 0 radical (unpaired) electrons. The van der Waals surface area contributed by atoms with Gasteiger partial charge in [0.15, 0.2) is 17.7 Å². The zero-order valence-electron chi connectivity index (χ0n) is 14.1. The van der Waals surface area contributed by atoms with E-state index in [1.165, 1.54) is 11.1 Å². The van der Waals surface area contributed by atoms with Crippen molar-refractivity contribution in [2.24, 2.45) is 0 Å². The van der Waals surface area contributed by atoms with Gasteiger partial charge < -0.3 is 19.4 Å². The number of hydrogen-bond acceptors (Lipinski definition) is 4. The molecule has 2 rings (SSSR count). The van der Waals surface area contributed by atoms with Crippen LogP contribution < -0.4 is 14.6 Å². The minimum absolute atomic E-state index is 0.790. The molecule has 0 unspecified atom stereocenters. The van der Waals surface area contributed by atoms with Gasteiger partial charge in [0, 0.05) is 18.4 Å². The molecule has 0 amide bonds. The first-order valence-electron chi connectivity index (χ1n) is 7.45. The lowest BCUT2D eigenvalue weighted by molar-refractivity contribution is -0.523. The van der Waals surface area contributed by atoms with Crippen molar-refractivity contribution < 1.29 is 37.1 Å². The van der Waals surface area contributed by atoms with Crippen molar-refractivity contribution in [1.29, 1.82) is 0 Å². The van der Waals surface area contributed by atoms with Gasteiger partial charge in [0.2, 0.25) is 0 Å². The minimum atomic E-state index is -5.19. The van der Waals surface area contributed by atoms with E-state index in [4.69, 9.17) is 19.4 Å². The van der Waals surface area contributed by atoms with E-state index in [0.29, 0.717) is 0 Å². The Morgan fingerprint density at radius 1 is 1.32 bits per heavy atom. The second kappa shape index (κ2) is 9.10. The second-order valence-electron chi connectivity index (χ2n) is 5.18. The Labute approximate surface area is 144 Å². The number of methoxy groups -OCH3 is 2. The van der Waals surface area contributed by atoms with Crippen molar-refractivity contribution in [1.82, 2.24) is 0 Å². The molecule has 0 atom stereocenters. The van der Waals surface area contributed by atoms with E-state index >= 15 is 0 Å². The quantitative estimate of drug-likeness (QED) is 0.591. The normalized spacial score (nSPS) is 12.9. The Balaban J connectivity index is 0.000000381. The zero-order valence-corrected chi connectivity index (χ0v) is 14.1. The predicted molar refractivity (Wildman–Crippen MR) is 84.3 cm³/mol. The number of carboxylic acids is 1. The molecule has 0 aromatic heterocycles. The summed E-state index contributed by atoms with van der Waals surface area (Å²) in [5.74, 6) is -1.41. The van der Waals surface area contributed by atoms with Crippen LogP contribution in [0.1, 0.15) is 17.5 Å². The highest BCUT2D eigenvalue weighted by molar-refractivity contribution is 5.80. The maximum Gasteiger partial charge on any atom is 0.430 e. The topological polar surface area (TPSA) is 61.6 Å². The molecule has 0 bridgehead atoms. The van der Waals surface area contributed by atoms with Crippen molar-refractivity contribution in [2.75, 3.05) is 27.3 Å². The Kier molecular flexibility index (Phi) is 7.47. The van der Waals surface area contributed by atoms with Gasteiger partial charge in [-0.1, -0.05) is 6.08 Å². The number of hydrogen-bond donors (Lipinski definition) is 0. The van der Waals surface area contributed by atoms with Gasteiger partial charge in [-0.25, -0.2) is 4.58 Å². The van der Waals surface area contributed by atoms with Crippen molar-refractivity contribution >= 4 is 12.2 Å². The maximum absolute atomic E-state index is 10.5. The number of fused-ring (bicyclic) bond motifs is 1. The molecule has 1 heterocycles. The van der Waals surface area contributed by atoms with Crippen LogP contribution >= 0.6 is 0 Å². The first-order chi connectivity index (χ1) is 11.7. The molecule has 1 aromatic carbocycles. The molecule has 1 aliphatic heterocycles. The summed E-state index contributed by atoms with van der Waals surface area (Å²) in [5.41, 5.74) is 2.55. The van der Waals surface area contributed by atoms with Crippen molar-refractivity contribution in [3.8, 4) is 11.5 Å². The summed E-state index contributed by atoms with van der Waals surface area (Å²) in [6, 6.07) is 4.13. The molecule has 0 N–H and O–H groups in total. The highest BCUT2D eigenvalue weighted by atomic mass is 19.4. The van der Waals surface area contributed by atoms with Gasteiger partial charge in [-0.15, -0.1) is 6.58 Å². The van der Waals surface area contributed by atoms with Crippen LogP contribution in [0.5, 0.6) is 11.5 Å². The third-order valence-corrected chi connectivity index (χ3v) is 3.49. The third kappa shape index (κ3) is 6.13. The number of rotatable bonds is 5. The van der Waals surface area contributed by atoms with Crippen LogP contribution in [0.2, 0.25) is 0 Å². The van der Waals surface area contributed by atoms with Crippen LogP contribution in [0, 0.1) is 0 Å². The van der Waals surface area contributed by atoms with Crippen molar-refractivity contribution in [3.63, 3.8) is 0 Å². The number of nitrogens with zero attached hydrogens (tertiary/aromatic N) is 1. The van der Waals surface area contributed by atoms with Gasteiger partial charge in [0.1, 0.15) is 19.1 Å². The molecule has 1 aliphatic rings. The number of carbonyl (C=O) groups excluding carboxylic acids is 1. The van der Waals surface area contributed by atoms with Gasteiger partial charge in [-0.3, -0.25) is 0 Å². The number of halogens is 3. The summed E-state index contributed by atoms with van der Waals surface area (Å²) in [6.07, 6.45) is 1.02. The Bertz CT molecular complexity index is 654. The van der Waals surface area contributed by atoms with Gasteiger partial charge in [0.25, 0.3) is 0 Å². The molecule has 0 saturated carbocycles. The summed E-state index contributed by atoms with van der Waals surface area (Å²) in [6.45, 7) is 5.84. The molecule has 5 nitrogen and oxygen atoms in total. The lowest BCUT2D eigenvalue weighted by Gasteiger charge is -2.15. The van der Waals surface area contributed by atoms with Crippen LogP contribution in [-0.2, 0) is 11.2 Å². The number of carboxylic acid groups (broad SMARTS) is 1. The summed E-state index contributed by atoms with van der Waals surface area (Å²) in [4.78, 5) is 8.78. The monoisotopic (exact) mass is 359 g/mol. The molecule has 0 spiro atoms. The standard InChI is InChI=1S/C15H20NO2.C2HF3O2/c1-4-5-7-16-8-6-12-9-14(17-2)15(18-3)10-13(12)11-16;3-2(4,5)1(6)7/h4,9-11H,1,5-8H2,2-3H3;(H,6,7)/q+1;/p-1. The highest BCUT2D eigenvalue weighted by Crippen LogP contribution is 2.31. The fraction of sp³-hybridized carbons (Fsp3) is 0.412. The van der Waals surface area contributed by atoms with E-state index in [1.807, 2.05) is 12.1 Å². The molecule has 0 saturated heterocycles. The second-order valence-corrected chi connectivity index (χ2v) is 5.18. The van der Waals surface area contributed by atoms with Crippen LogP contribution in [0.3, 0.4) is 0 Å². The van der Waals surface area contributed by atoms with Crippen LogP contribution in [0.4, 0.5) is 13.2 Å². The van der Waals surface area contributed by atoms with E-state index in [1.54, 1.807) is 14.2 Å². The molecule has 0 fully saturated rings. The Morgan fingerprint density at radius 2 is 1.88 bits per heavy atom. The number of benzene rings is 1. The third-order valence-electron chi connectivity index (χ3n) is 3.49. The van der Waals surface area contributed by atoms with E-state index in [-0.39, 0.29) is 0 Å². The molecular weight excluding hydrogens is 339 g/mol. The summed E-state index contributed by atoms with van der Waals surface area (Å²) < 4.78 is 44.5. The zero-order chi connectivity index (χ0) is 19.0. The van der Waals surface area contributed by atoms with Gasteiger partial charge in [0.05, 0.1) is 14.2 Å². The molecule has 25 heavy (non-hydrogen) atoms. The van der Waals surface area contributed by atoms with E-state index in [0.717, 1.165) is 37.4 Å². The average molecular weight is 359 g/mol. The number of carbonyl (C=O) groups is 1. The SMILES string of the molecule is C=CCC[N+]1=Cc2cc(OC)c(OC)cc2CC1.O=C([O-])C(F)(F)F. The Hall–Kier alpha value is -2.51. The van der Waals surface area contributed by atoms with E-state index in [2.05, 4.69) is 23.4 Å². The maximum atomic E-state index is 10.5. The predicted octanol–water partition coefficient (Wildman–Crippen LogP) is 1.57. The molecular formula is C17H20F3NO4. The fourth-order valence-corrected chi connectivity index (χ4v) is 2.23. The van der Waals surface area contributed by atoms with E-state index in [9.17, 15) is 13.2 Å². The van der Waals surface area contributed by atoms with Crippen LogP contribution in [-0.4, -0.2) is 50.2 Å². The smallest absolute Gasteiger partial charge is 0.430 e. The highest BCUT2D eigenvalue weighted by Gasteiger charge is 2.28. The number of ether oxygens (including phenoxy) is 2. The summed E-state index contributed by atoms with van der Waals surface area (Å²) in [7, 11) is 3.34. The molecule has 0 aliphatic carbocycles. The summed E-state index contributed by atoms with van der Waals surface area (Å²) >= 11 is 0. The van der Waals surface area contributed by atoms with E-state index < -0.39 is 12.1 Å². The van der Waals surface area contributed by atoms with Crippen molar-refractivity contribution in [3.05, 3.63) is 35.9 Å². The lowest BCUT2D eigenvalue weighted by Crippen LogP contribution is -2.37. The van der Waals surface area contributed by atoms with Crippen molar-refractivity contribution in [2.45, 2.75) is 19.0 Å². The number of aliphatic carboxylic acids is 1. The Morgan fingerprint density at radius 3 is 2.36 bits per heavy atom. The summed E-state index contributed by atoms with van der Waals surface area (Å²) in [5, 5.41) is 8.78. The number of alkyl halides is 3. The van der Waals surface area contributed by atoms with Gasteiger partial charge in [-0.05, 0) is 17.7 Å². The first-order valence-corrected chi connectivity index (χ1v) is 7.45. The lowest BCUT2D eigenvalue weighted by atomic mass is 10.0. The van der Waals surface area contributed by atoms with Crippen LogP contribution in [0.25, 0.3) is 0 Å². The van der Waals surface area contributed by atoms with Gasteiger partial charge in [-0.2, -0.15) is 13.2 Å². The first kappa shape index (κ1) is 20.5. The fourth-order valence-electron chi connectivity index (χ4n) is 2.23. The average Bonchev–Trinajstić information content (AvgIpc) is 2.58. The van der Waals surface area contributed by atoms with Gasteiger partial charge >= 0.3 is 6.18 Å². The minimum Gasteiger partial charge on any atom is -0.542 e. The molecule has 1 aromatic rings. The molecule has 138 valence electrons. The largest absolute Gasteiger partial charge is 0.542 e. The molecule has 8 heteroatoms.